The monoisotopic (exact) mass is 354 g/mol. The van der Waals surface area contributed by atoms with Crippen molar-refractivity contribution in [2.75, 3.05) is 46.9 Å². The van der Waals surface area contributed by atoms with Crippen molar-refractivity contribution in [3.8, 4) is 11.5 Å². The maximum Gasteiger partial charge on any atom is 0.161 e. The highest BCUT2D eigenvalue weighted by Crippen LogP contribution is 2.28. The fourth-order valence-corrected chi connectivity index (χ4v) is 3.58. The zero-order valence-electron chi connectivity index (χ0n) is 16.0. The van der Waals surface area contributed by atoms with E-state index in [1.165, 1.54) is 24.1 Å². The molecular formula is C22H30N2O2. The van der Waals surface area contributed by atoms with E-state index in [0.29, 0.717) is 0 Å². The van der Waals surface area contributed by atoms with Gasteiger partial charge in [0.2, 0.25) is 0 Å². The van der Waals surface area contributed by atoms with E-state index in [-0.39, 0.29) is 0 Å². The molecule has 0 radical (unpaired) electrons. The predicted octanol–water partition coefficient (Wildman–Crippen LogP) is 3.45. The average Bonchev–Trinajstić information content (AvgIpc) is 2.92. The van der Waals surface area contributed by atoms with E-state index in [0.717, 1.165) is 50.6 Å². The van der Waals surface area contributed by atoms with Crippen molar-refractivity contribution < 1.29 is 9.47 Å². The Kier molecular flexibility index (Phi) is 6.92. The summed E-state index contributed by atoms with van der Waals surface area (Å²) < 4.78 is 10.8. The van der Waals surface area contributed by atoms with E-state index < -0.39 is 0 Å². The molecule has 0 atom stereocenters. The molecule has 140 valence electrons. The summed E-state index contributed by atoms with van der Waals surface area (Å²) in [7, 11) is 3.37. The van der Waals surface area contributed by atoms with Gasteiger partial charge in [0.15, 0.2) is 11.5 Å². The van der Waals surface area contributed by atoms with E-state index in [1.54, 1.807) is 14.2 Å². The largest absolute Gasteiger partial charge is 0.493 e. The van der Waals surface area contributed by atoms with Crippen molar-refractivity contribution >= 4 is 0 Å². The molecule has 4 nitrogen and oxygen atoms in total. The third-order valence-corrected chi connectivity index (χ3v) is 5.09. The Morgan fingerprint density at radius 2 is 1.50 bits per heavy atom. The number of hydrogen-bond acceptors (Lipinski definition) is 4. The van der Waals surface area contributed by atoms with Gasteiger partial charge in [-0.15, -0.1) is 0 Å². The molecule has 1 fully saturated rings. The van der Waals surface area contributed by atoms with Crippen molar-refractivity contribution in [3.63, 3.8) is 0 Å². The normalized spacial score (nSPS) is 16.2. The Morgan fingerprint density at radius 1 is 0.769 bits per heavy atom. The SMILES string of the molecule is COc1ccc(CN2CCCN(CCc3ccccc3)CC2)cc1OC. The lowest BCUT2D eigenvalue weighted by Crippen LogP contribution is -2.31. The third kappa shape index (κ3) is 5.23. The quantitative estimate of drug-likeness (QED) is 0.760. The van der Waals surface area contributed by atoms with Gasteiger partial charge in [-0.05, 0) is 49.2 Å². The predicted molar refractivity (Wildman–Crippen MR) is 106 cm³/mol. The Labute approximate surface area is 157 Å². The van der Waals surface area contributed by atoms with Crippen LogP contribution in [0.1, 0.15) is 17.5 Å². The van der Waals surface area contributed by atoms with Crippen LogP contribution in [0, 0.1) is 0 Å². The minimum absolute atomic E-state index is 0.791. The Morgan fingerprint density at radius 3 is 2.27 bits per heavy atom. The molecule has 26 heavy (non-hydrogen) atoms. The molecule has 4 heteroatoms. The molecule has 0 amide bonds. The lowest BCUT2D eigenvalue weighted by Gasteiger charge is -2.22. The Bertz CT molecular complexity index is 675. The highest BCUT2D eigenvalue weighted by Gasteiger charge is 2.15. The Balaban J connectivity index is 1.50. The van der Waals surface area contributed by atoms with Gasteiger partial charge in [-0.25, -0.2) is 0 Å². The number of ether oxygens (including phenoxy) is 2. The van der Waals surface area contributed by atoms with Gasteiger partial charge in [0.1, 0.15) is 0 Å². The first-order chi connectivity index (χ1) is 12.8. The van der Waals surface area contributed by atoms with E-state index in [4.69, 9.17) is 9.47 Å². The van der Waals surface area contributed by atoms with Crippen LogP contribution >= 0.6 is 0 Å². The first-order valence-corrected chi connectivity index (χ1v) is 9.48. The molecule has 0 bridgehead atoms. The van der Waals surface area contributed by atoms with Gasteiger partial charge in [0.05, 0.1) is 14.2 Å². The number of nitrogens with zero attached hydrogens (tertiary/aromatic N) is 2. The van der Waals surface area contributed by atoms with E-state index in [1.807, 2.05) is 6.07 Å². The smallest absolute Gasteiger partial charge is 0.161 e. The lowest BCUT2D eigenvalue weighted by atomic mass is 10.1. The first kappa shape index (κ1) is 18.7. The molecule has 1 aliphatic heterocycles. The molecule has 1 aliphatic rings. The highest BCUT2D eigenvalue weighted by atomic mass is 16.5. The summed E-state index contributed by atoms with van der Waals surface area (Å²) in [5, 5.41) is 0. The van der Waals surface area contributed by atoms with E-state index >= 15 is 0 Å². The molecule has 1 saturated heterocycles. The van der Waals surface area contributed by atoms with Gasteiger partial charge in [-0.3, -0.25) is 4.90 Å². The highest BCUT2D eigenvalue weighted by molar-refractivity contribution is 5.42. The number of hydrogen-bond donors (Lipinski definition) is 0. The molecule has 0 spiro atoms. The van der Waals surface area contributed by atoms with Crippen LogP contribution in [0.15, 0.2) is 48.5 Å². The van der Waals surface area contributed by atoms with Gasteiger partial charge >= 0.3 is 0 Å². The van der Waals surface area contributed by atoms with Crippen LogP contribution in [0.2, 0.25) is 0 Å². The van der Waals surface area contributed by atoms with Gasteiger partial charge in [-0.1, -0.05) is 36.4 Å². The van der Waals surface area contributed by atoms with Crippen molar-refractivity contribution in [3.05, 3.63) is 59.7 Å². The standard InChI is InChI=1S/C22H30N2O2/c1-25-21-10-9-20(17-22(21)26-2)18-24-13-6-12-23(15-16-24)14-11-19-7-4-3-5-8-19/h3-5,7-10,17H,6,11-16,18H2,1-2H3. The first-order valence-electron chi connectivity index (χ1n) is 9.48. The molecule has 0 N–H and O–H groups in total. The van der Waals surface area contributed by atoms with Crippen LogP contribution in [-0.2, 0) is 13.0 Å². The van der Waals surface area contributed by atoms with Crippen molar-refractivity contribution in [2.24, 2.45) is 0 Å². The second kappa shape index (κ2) is 9.60. The minimum atomic E-state index is 0.791. The summed E-state index contributed by atoms with van der Waals surface area (Å²) in [6.45, 7) is 6.70. The number of rotatable bonds is 7. The molecule has 1 heterocycles. The molecule has 0 saturated carbocycles. The zero-order valence-corrected chi connectivity index (χ0v) is 16.0. The number of benzene rings is 2. The van der Waals surface area contributed by atoms with Gasteiger partial charge in [0, 0.05) is 26.2 Å². The van der Waals surface area contributed by atoms with Crippen LogP contribution in [-0.4, -0.2) is 56.7 Å². The fourth-order valence-electron chi connectivity index (χ4n) is 3.58. The molecular weight excluding hydrogens is 324 g/mol. The zero-order chi connectivity index (χ0) is 18.2. The average molecular weight is 354 g/mol. The molecule has 2 aromatic carbocycles. The van der Waals surface area contributed by atoms with Gasteiger partial charge in [0.25, 0.3) is 0 Å². The van der Waals surface area contributed by atoms with Gasteiger partial charge < -0.3 is 14.4 Å². The molecule has 0 aromatic heterocycles. The van der Waals surface area contributed by atoms with Gasteiger partial charge in [-0.2, -0.15) is 0 Å². The van der Waals surface area contributed by atoms with Crippen molar-refractivity contribution in [1.29, 1.82) is 0 Å². The van der Waals surface area contributed by atoms with E-state index in [9.17, 15) is 0 Å². The molecule has 0 unspecified atom stereocenters. The summed E-state index contributed by atoms with van der Waals surface area (Å²) in [6.07, 6.45) is 2.36. The summed E-state index contributed by atoms with van der Waals surface area (Å²) in [5.74, 6) is 1.60. The minimum Gasteiger partial charge on any atom is -0.493 e. The fraction of sp³-hybridized carbons (Fsp3) is 0.455. The van der Waals surface area contributed by atoms with Crippen LogP contribution in [0.4, 0.5) is 0 Å². The third-order valence-electron chi connectivity index (χ3n) is 5.09. The lowest BCUT2D eigenvalue weighted by molar-refractivity contribution is 0.252. The van der Waals surface area contributed by atoms with Crippen molar-refractivity contribution in [2.45, 2.75) is 19.4 Å². The second-order valence-electron chi connectivity index (χ2n) is 6.90. The van der Waals surface area contributed by atoms with Crippen LogP contribution in [0.25, 0.3) is 0 Å². The molecule has 0 aliphatic carbocycles. The summed E-state index contributed by atoms with van der Waals surface area (Å²) >= 11 is 0. The second-order valence-corrected chi connectivity index (χ2v) is 6.90. The Hall–Kier alpha value is -2.04. The molecule has 3 rings (SSSR count). The maximum absolute atomic E-state index is 5.43. The number of methoxy groups -OCH3 is 2. The summed E-state index contributed by atoms with van der Waals surface area (Å²) in [4.78, 5) is 5.14. The maximum atomic E-state index is 5.43. The van der Waals surface area contributed by atoms with Crippen molar-refractivity contribution in [1.82, 2.24) is 9.80 Å². The summed E-state index contributed by atoms with van der Waals surface area (Å²) in [6, 6.07) is 17.0. The molecule has 2 aromatic rings. The van der Waals surface area contributed by atoms with Crippen LogP contribution in [0.3, 0.4) is 0 Å². The topological polar surface area (TPSA) is 24.9 Å². The van der Waals surface area contributed by atoms with Crippen LogP contribution in [0.5, 0.6) is 11.5 Å². The van der Waals surface area contributed by atoms with Crippen LogP contribution < -0.4 is 9.47 Å². The summed E-state index contributed by atoms with van der Waals surface area (Å²) in [5.41, 5.74) is 2.71. The van der Waals surface area contributed by atoms with E-state index in [2.05, 4.69) is 52.3 Å².